The van der Waals surface area contributed by atoms with Gasteiger partial charge in [0.15, 0.2) is 4.67 Å². The van der Waals surface area contributed by atoms with Crippen molar-refractivity contribution in [2.75, 3.05) is 0 Å². The van der Waals surface area contributed by atoms with E-state index in [9.17, 15) is 0 Å². The van der Waals surface area contributed by atoms with Gasteiger partial charge in [-0.05, 0) is 40.9 Å². The molecule has 1 atom stereocenters. The van der Waals surface area contributed by atoms with Gasteiger partial charge in [-0.2, -0.15) is 0 Å². The van der Waals surface area contributed by atoms with E-state index in [0.29, 0.717) is 5.92 Å². The minimum Gasteiger partial charge on any atom is -0.454 e. The highest BCUT2D eigenvalue weighted by molar-refractivity contribution is 9.10. The Hall–Kier alpha value is -0.240. The molecule has 1 aromatic heterocycles. The maximum absolute atomic E-state index is 5.51. The molecule has 0 saturated carbocycles. The van der Waals surface area contributed by atoms with Crippen molar-refractivity contribution in [2.45, 2.75) is 39.0 Å². The van der Waals surface area contributed by atoms with Gasteiger partial charge in [0.1, 0.15) is 5.76 Å². The van der Waals surface area contributed by atoms with E-state index in [1.807, 2.05) is 6.07 Å². The summed E-state index contributed by atoms with van der Waals surface area (Å²) < 4.78 is 6.35. The molecule has 1 nitrogen and oxygen atoms in total. The maximum atomic E-state index is 5.51. The van der Waals surface area contributed by atoms with Gasteiger partial charge in [0, 0.05) is 5.92 Å². The summed E-state index contributed by atoms with van der Waals surface area (Å²) in [6.07, 6.45) is 3.60. The lowest BCUT2D eigenvalue weighted by Gasteiger charge is -2.09. The largest absolute Gasteiger partial charge is 0.454 e. The quantitative estimate of drug-likeness (QED) is 0.751. The topological polar surface area (TPSA) is 13.1 Å². The van der Waals surface area contributed by atoms with Gasteiger partial charge >= 0.3 is 0 Å². The van der Waals surface area contributed by atoms with Gasteiger partial charge in [-0.15, -0.1) is 0 Å². The van der Waals surface area contributed by atoms with Crippen molar-refractivity contribution in [3.63, 3.8) is 0 Å². The van der Waals surface area contributed by atoms with Crippen molar-refractivity contribution >= 4 is 15.9 Å². The Balaban J connectivity index is 2.66. The minimum atomic E-state index is 0.598. The van der Waals surface area contributed by atoms with E-state index in [1.54, 1.807) is 0 Å². The molecule has 0 aromatic carbocycles. The predicted molar refractivity (Wildman–Crippen MR) is 54.3 cm³/mol. The smallest absolute Gasteiger partial charge is 0.169 e. The van der Waals surface area contributed by atoms with Crippen molar-refractivity contribution in [2.24, 2.45) is 0 Å². The second-order valence-corrected chi connectivity index (χ2v) is 3.82. The summed E-state index contributed by atoms with van der Waals surface area (Å²) in [7, 11) is 0. The Morgan fingerprint density at radius 2 is 2.17 bits per heavy atom. The van der Waals surface area contributed by atoms with E-state index in [1.165, 1.54) is 12.8 Å². The molecule has 0 aliphatic rings. The molecule has 0 aliphatic carbocycles. The molecule has 12 heavy (non-hydrogen) atoms. The van der Waals surface area contributed by atoms with Crippen LogP contribution in [0.4, 0.5) is 0 Å². The molecule has 0 N–H and O–H groups in total. The van der Waals surface area contributed by atoms with E-state index in [2.05, 4.69) is 35.8 Å². The van der Waals surface area contributed by atoms with Gasteiger partial charge < -0.3 is 4.42 Å². The molecule has 1 rings (SSSR count). The molecule has 0 bridgehead atoms. The van der Waals surface area contributed by atoms with Gasteiger partial charge in [0.25, 0.3) is 0 Å². The van der Waals surface area contributed by atoms with Gasteiger partial charge in [0.05, 0.1) is 0 Å². The van der Waals surface area contributed by atoms with Crippen molar-refractivity contribution in [3.05, 3.63) is 22.6 Å². The van der Waals surface area contributed by atoms with Gasteiger partial charge in [0.2, 0.25) is 0 Å². The summed E-state index contributed by atoms with van der Waals surface area (Å²) in [5.41, 5.74) is 0. The summed E-state index contributed by atoms with van der Waals surface area (Å²) in [5, 5.41) is 0. The zero-order valence-corrected chi connectivity index (χ0v) is 9.23. The SMILES string of the molecule is CCCC(CC)c1ccc(Br)o1. The second kappa shape index (κ2) is 4.70. The predicted octanol–water partition coefficient (Wildman–Crippen LogP) is 4.34. The van der Waals surface area contributed by atoms with E-state index in [0.717, 1.165) is 16.9 Å². The van der Waals surface area contributed by atoms with Crippen molar-refractivity contribution in [1.82, 2.24) is 0 Å². The van der Waals surface area contributed by atoms with Crippen LogP contribution in [-0.2, 0) is 0 Å². The van der Waals surface area contributed by atoms with Crippen LogP contribution in [0.2, 0.25) is 0 Å². The van der Waals surface area contributed by atoms with Crippen LogP contribution >= 0.6 is 15.9 Å². The Morgan fingerprint density at radius 3 is 2.58 bits per heavy atom. The van der Waals surface area contributed by atoms with E-state index in [4.69, 9.17) is 4.42 Å². The lowest BCUT2D eigenvalue weighted by Crippen LogP contribution is -1.93. The van der Waals surface area contributed by atoms with E-state index >= 15 is 0 Å². The zero-order chi connectivity index (χ0) is 8.97. The first-order valence-electron chi connectivity index (χ1n) is 4.53. The fraction of sp³-hybridized carbons (Fsp3) is 0.600. The molecule has 0 amide bonds. The summed E-state index contributed by atoms with van der Waals surface area (Å²) in [6, 6.07) is 4.03. The van der Waals surface area contributed by atoms with Crippen LogP contribution in [-0.4, -0.2) is 0 Å². The number of furan rings is 1. The van der Waals surface area contributed by atoms with Crippen LogP contribution in [0.3, 0.4) is 0 Å². The molecule has 1 aromatic rings. The molecular weight excluding hydrogens is 216 g/mol. The fourth-order valence-electron chi connectivity index (χ4n) is 1.44. The standard InChI is InChI=1S/C10H15BrO/c1-3-5-8(4-2)9-6-7-10(11)12-9/h6-8H,3-5H2,1-2H3. The number of hydrogen-bond acceptors (Lipinski definition) is 1. The van der Waals surface area contributed by atoms with Crippen molar-refractivity contribution in [3.8, 4) is 0 Å². The summed E-state index contributed by atoms with van der Waals surface area (Å²) >= 11 is 3.31. The normalized spacial score (nSPS) is 13.2. The zero-order valence-electron chi connectivity index (χ0n) is 7.64. The van der Waals surface area contributed by atoms with Crippen molar-refractivity contribution in [1.29, 1.82) is 0 Å². The fourth-order valence-corrected chi connectivity index (χ4v) is 1.76. The number of rotatable bonds is 4. The van der Waals surface area contributed by atoms with E-state index < -0.39 is 0 Å². The molecular formula is C10H15BrO. The molecule has 0 fully saturated rings. The molecule has 0 spiro atoms. The Kier molecular flexibility index (Phi) is 3.86. The second-order valence-electron chi connectivity index (χ2n) is 3.04. The molecule has 1 heterocycles. The molecule has 0 saturated heterocycles. The van der Waals surface area contributed by atoms with Crippen LogP contribution in [0.1, 0.15) is 44.8 Å². The Labute approximate surface area is 82.3 Å². The first kappa shape index (κ1) is 9.85. The summed E-state index contributed by atoms with van der Waals surface area (Å²) in [6.45, 7) is 4.41. The van der Waals surface area contributed by atoms with Crippen LogP contribution in [0.25, 0.3) is 0 Å². The molecule has 2 heteroatoms. The first-order chi connectivity index (χ1) is 5.77. The summed E-state index contributed by atoms with van der Waals surface area (Å²) in [4.78, 5) is 0. The maximum Gasteiger partial charge on any atom is 0.169 e. The van der Waals surface area contributed by atoms with Crippen molar-refractivity contribution < 1.29 is 4.42 Å². The molecule has 0 radical (unpaired) electrons. The number of hydrogen-bond donors (Lipinski definition) is 0. The molecule has 0 aliphatic heterocycles. The highest BCUT2D eigenvalue weighted by atomic mass is 79.9. The lowest BCUT2D eigenvalue weighted by atomic mass is 9.98. The lowest BCUT2D eigenvalue weighted by molar-refractivity contribution is 0.423. The highest BCUT2D eigenvalue weighted by Gasteiger charge is 2.11. The van der Waals surface area contributed by atoms with Crippen LogP contribution in [0.15, 0.2) is 21.2 Å². The summed E-state index contributed by atoms with van der Waals surface area (Å²) in [5.74, 6) is 1.72. The first-order valence-corrected chi connectivity index (χ1v) is 5.32. The van der Waals surface area contributed by atoms with E-state index in [-0.39, 0.29) is 0 Å². The van der Waals surface area contributed by atoms with Gasteiger partial charge in [-0.1, -0.05) is 20.3 Å². The highest BCUT2D eigenvalue weighted by Crippen LogP contribution is 2.27. The average Bonchev–Trinajstić information content (AvgIpc) is 2.47. The third kappa shape index (κ3) is 2.37. The van der Waals surface area contributed by atoms with Crippen LogP contribution in [0.5, 0.6) is 0 Å². The van der Waals surface area contributed by atoms with Crippen LogP contribution in [0, 0.1) is 0 Å². The van der Waals surface area contributed by atoms with Gasteiger partial charge in [-0.25, -0.2) is 0 Å². The molecule has 1 unspecified atom stereocenters. The monoisotopic (exact) mass is 230 g/mol. The van der Waals surface area contributed by atoms with Crippen LogP contribution < -0.4 is 0 Å². The third-order valence-electron chi connectivity index (χ3n) is 2.13. The van der Waals surface area contributed by atoms with Gasteiger partial charge in [-0.3, -0.25) is 0 Å². The Morgan fingerprint density at radius 1 is 1.42 bits per heavy atom. The third-order valence-corrected chi connectivity index (χ3v) is 2.55. The Bertz CT molecular complexity index is 229. The number of halogens is 1. The average molecular weight is 231 g/mol. The minimum absolute atomic E-state index is 0.598. The molecule has 68 valence electrons.